The summed E-state index contributed by atoms with van der Waals surface area (Å²) < 4.78 is 1.66. The third kappa shape index (κ3) is 5.45. The van der Waals surface area contributed by atoms with Crippen LogP contribution in [0.25, 0.3) is 11.0 Å². The molecule has 0 aliphatic carbocycles. The molecule has 0 saturated carbocycles. The van der Waals surface area contributed by atoms with Gasteiger partial charge in [-0.1, -0.05) is 36.4 Å². The monoisotopic (exact) mass is 484 g/mol. The van der Waals surface area contributed by atoms with Crippen molar-refractivity contribution in [3.8, 4) is 6.07 Å². The summed E-state index contributed by atoms with van der Waals surface area (Å²) in [6, 6.07) is 19.8. The lowest BCUT2D eigenvalue weighted by Crippen LogP contribution is -2.45. The van der Waals surface area contributed by atoms with E-state index in [9.17, 15) is 14.9 Å². The number of nitrogens with zero attached hydrogens (tertiary/aromatic N) is 4. The van der Waals surface area contributed by atoms with Crippen LogP contribution in [0.4, 0.5) is 5.95 Å². The first kappa shape index (κ1) is 24.7. The summed E-state index contributed by atoms with van der Waals surface area (Å²) in [4.78, 5) is 33.4. The van der Waals surface area contributed by atoms with Crippen LogP contribution in [-0.2, 0) is 6.54 Å². The molecule has 0 unspecified atom stereocenters. The van der Waals surface area contributed by atoms with E-state index in [-0.39, 0.29) is 11.6 Å². The number of rotatable bonds is 4. The number of anilines is 1. The summed E-state index contributed by atoms with van der Waals surface area (Å²) in [5, 5.41) is 17.8. The zero-order valence-corrected chi connectivity index (χ0v) is 20.0. The average Bonchev–Trinajstić information content (AvgIpc) is 3.27. The highest BCUT2D eigenvalue weighted by Gasteiger charge is 2.23. The van der Waals surface area contributed by atoms with E-state index in [2.05, 4.69) is 16.0 Å². The highest BCUT2D eigenvalue weighted by atomic mass is 16.4. The number of nitriles is 1. The number of fused-ring (bicyclic) bond motifs is 1. The number of carboxylic acid groups (broad SMARTS) is 1. The van der Waals surface area contributed by atoms with Gasteiger partial charge in [-0.2, -0.15) is 5.26 Å². The summed E-state index contributed by atoms with van der Waals surface area (Å²) in [7, 11) is 0. The normalized spacial score (nSPS) is 15.1. The van der Waals surface area contributed by atoms with Gasteiger partial charge in [0.15, 0.2) is 0 Å². The second-order valence-corrected chi connectivity index (χ2v) is 8.80. The van der Waals surface area contributed by atoms with Crippen LogP contribution in [0.15, 0.2) is 65.5 Å². The molecule has 1 fully saturated rings. The van der Waals surface area contributed by atoms with E-state index in [1.165, 1.54) is 0 Å². The molecule has 1 atom stereocenters. The van der Waals surface area contributed by atoms with Gasteiger partial charge in [-0.3, -0.25) is 9.36 Å². The number of nitrogens with two attached hydrogens (primary N) is 1. The molecule has 2 aromatic carbocycles. The first-order valence-electron chi connectivity index (χ1n) is 11.7. The Bertz CT molecular complexity index is 1470. The van der Waals surface area contributed by atoms with E-state index in [4.69, 9.17) is 15.8 Å². The van der Waals surface area contributed by atoms with Crippen LogP contribution in [0.1, 0.15) is 40.0 Å². The van der Waals surface area contributed by atoms with E-state index in [1.54, 1.807) is 41.0 Å². The SMILES string of the molecule is Cc1cc2nc(N3CCC[C@@H](N)C3)n(Cc3ccccc3C#N)c(=O)c2[nH]1.O=C(O)c1ccccc1. The fourth-order valence-electron chi connectivity index (χ4n) is 4.31. The van der Waals surface area contributed by atoms with Crippen molar-refractivity contribution in [2.45, 2.75) is 32.4 Å². The van der Waals surface area contributed by atoms with Gasteiger partial charge < -0.3 is 20.7 Å². The summed E-state index contributed by atoms with van der Waals surface area (Å²) >= 11 is 0. The zero-order chi connectivity index (χ0) is 25.7. The first-order valence-corrected chi connectivity index (χ1v) is 11.7. The van der Waals surface area contributed by atoms with Crippen LogP contribution < -0.4 is 16.2 Å². The Morgan fingerprint density at radius 3 is 2.61 bits per heavy atom. The number of piperidine rings is 1. The lowest BCUT2D eigenvalue weighted by molar-refractivity contribution is 0.0697. The number of aryl methyl sites for hydroxylation is 1. The summed E-state index contributed by atoms with van der Waals surface area (Å²) in [5.74, 6) is -0.259. The zero-order valence-electron chi connectivity index (χ0n) is 20.0. The molecule has 1 saturated heterocycles. The first-order chi connectivity index (χ1) is 17.4. The van der Waals surface area contributed by atoms with E-state index < -0.39 is 5.97 Å². The summed E-state index contributed by atoms with van der Waals surface area (Å²) in [5.41, 5.74) is 9.77. The molecule has 0 bridgehead atoms. The van der Waals surface area contributed by atoms with Gasteiger partial charge >= 0.3 is 5.97 Å². The van der Waals surface area contributed by atoms with Crippen molar-refractivity contribution in [1.29, 1.82) is 5.26 Å². The predicted molar refractivity (Wildman–Crippen MR) is 138 cm³/mol. The Hall–Kier alpha value is -4.42. The summed E-state index contributed by atoms with van der Waals surface area (Å²) in [6.07, 6.45) is 1.94. The average molecular weight is 485 g/mol. The van der Waals surface area contributed by atoms with E-state index in [1.807, 2.05) is 31.2 Å². The molecule has 36 heavy (non-hydrogen) atoms. The molecule has 0 spiro atoms. The second kappa shape index (κ2) is 10.9. The number of carbonyl (C=O) groups is 1. The summed E-state index contributed by atoms with van der Waals surface area (Å²) in [6.45, 7) is 3.69. The van der Waals surface area contributed by atoms with Gasteiger partial charge in [-0.15, -0.1) is 0 Å². The third-order valence-electron chi connectivity index (χ3n) is 6.08. The number of aromatic carboxylic acids is 1. The number of benzene rings is 2. The van der Waals surface area contributed by atoms with Crippen molar-refractivity contribution in [2.24, 2.45) is 5.73 Å². The minimum Gasteiger partial charge on any atom is -0.478 e. The third-order valence-corrected chi connectivity index (χ3v) is 6.08. The molecule has 9 heteroatoms. The predicted octanol–water partition coefficient (Wildman–Crippen LogP) is 3.27. The Kier molecular flexibility index (Phi) is 7.47. The second-order valence-electron chi connectivity index (χ2n) is 8.80. The van der Waals surface area contributed by atoms with Gasteiger partial charge in [0.25, 0.3) is 5.56 Å². The minimum absolute atomic E-state index is 0.0687. The Morgan fingerprint density at radius 2 is 1.94 bits per heavy atom. The smallest absolute Gasteiger partial charge is 0.335 e. The van der Waals surface area contributed by atoms with Crippen molar-refractivity contribution in [3.63, 3.8) is 0 Å². The lowest BCUT2D eigenvalue weighted by Gasteiger charge is -2.33. The lowest BCUT2D eigenvalue weighted by atomic mass is 10.1. The Labute approximate surface area is 208 Å². The van der Waals surface area contributed by atoms with Gasteiger partial charge in [0.1, 0.15) is 5.52 Å². The largest absolute Gasteiger partial charge is 0.478 e. The number of hydrogen-bond acceptors (Lipinski definition) is 6. The molecule has 1 aliphatic heterocycles. The highest BCUT2D eigenvalue weighted by Crippen LogP contribution is 2.21. The molecule has 5 rings (SSSR count). The number of nitrogens with one attached hydrogen (secondary N) is 1. The fraction of sp³-hybridized carbons (Fsp3) is 0.259. The van der Waals surface area contributed by atoms with Crippen molar-refractivity contribution >= 4 is 23.0 Å². The van der Waals surface area contributed by atoms with Crippen molar-refractivity contribution in [3.05, 3.63) is 93.4 Å². The fourth-order valence-corrected chi connectivity index (χ4v) is 4.31. The van der Waals surface area contributed by atoms with Crippen LogP contribution in [0, 0.1) is 18.3 Å². The number of aromatic amines is 1. The van der Waals surface area contributed by atoms with Gasteiger partial charge in [0, 0.05) is 24.8 Å². The van der Waals surface area contributed by atoms with Crippen LogP contribution in [0.3, 0.4) is 0 Å². The Balaban J connectivity index is 0.000000286. The van der Waals surface area contributed by atoms with E-state index in [0.717, 1.165) is 30.6 Å². The van der Waals surface area contributed by atoms with Crippen LogP contribution in [0.2, 0.25) is 0 Å². The molecule has 184 valence electrons. The number of hydrogen-bond donors (Lipinski definition) is 3. The maximum absolute atomic E-state index is 13.2. The molecule has 3 heterocycles. The molecular formula is C27H28N6O3. The molecular weight excluding hydrogens is 456 g/mol. The van der Waals surface area contributed by atoms with Crippen LogP contribution in [0.5, 0.6) is 0 Å². The number of H-pyrrole nitrogens is 1. The Morgan fingerprint density at radius 1 is 1.22 bits per heavy atom. The van der Waals surface area contributed by atoms with Gasteiger partial charge in [-0.25, -0.2) is 9.78 Å². The van der Waals surface area contributed by atoms with Gasteiger partial charge in [0.05, 0.1) is 29.3 Å². The topological polar surface area (TPSA) is 141 Å². The maximum atomic E-state index is 13.2. The van der Waals surface area contributed by atoms with Crippen molar-refractivity contribution in [2.75, 3.05) is 18.0 Å². The van der Waals surface area contributed by atoms with Crippen molar-refractivity contribution in [1.82, 2.24) is 14.5 Å². The van der Waals surface area contributed by atoms with E-state index >= 15 is 0 Å². The van der Waals surface area contributed by atoms with Gasteiger partial charge in [0.2, 0.25) is 5.95 Å². The van der Waals surface area contributed by atoms with Crippen molar-refractivity contribution < 1.29 is 9.90 Å². The number of carboxylic acids is 1. The molecule has 4 N–H and O–H groups in total. The van der Waals surface area contributed by atoms with E-state index in [0.29, 0.717) is 41.2 Å². The quantitative estimate of drug-likeness (QED) is 0.404. The molecule has 0 radical (unpaired) electrons. The minimum atomic E-state index is -0.879. The number of aromatic nitrogens is 3. The standard InChI is InChI=1S/C20H22N6O.C7H6O2/c1-13-9-17-18(23-13)19(27)26(11-15-6-3-2-5-14(15)10-21)20(24-17)25-8-4-7-16(22)12-25;8-7(9)6-4-2-1-3-5-6/h2-3,5-6,9,16,23H,4,7-8,11-12,22H2,1H3;1-5H,(H,8,9)/t16-;/m1./s1. The van der Waals surface area contributed by atoms with Crippen LogP contribution in [-0.4, -0.2) is 44.7 Å². The molecule has 2 aromatic heterocycles. The molecule has 4 aromatic rings. The highest BCUT2D eigenvalue weighted by molar-refractivity contribution is 5.87. The molecule has 1 aliphatic rings. The van der Waals surface area contributed by atoms with Gasteiger partial charge in [-0.05, 0) is 49.6 Å². The van der Waals surface area contributed by atoms with Crippen LogP contribution >= 0.6 is 0 Å². The molecule has 9 nitrogen and oxygen atoms in total. The molecule has 0 amide bonds. The maximum Gasteiger partial charge on any atom is 0.335 e.